The molecule has 5 rings (SSSR count). The van der Waals surface area contributed by atoms with Crippen LogP contribution in [0.5, 0.6) is 0 Å². The number of carbonyl (C=O) groups is 1. The van der Waals surface area contributed by atoms with Crippen molar-refractivity contribution in [3.05, 3.63) is 53.2 Å². The fraction of sp³-hybridized carbons (Fsp3) is 0.400. The highest BCUT2D eigenvalue weighted by Gasteiger charge is 2.35. The minimum atomic E-state index is -0.213. The number of aromatic amines is 1. The monoisotopic (exact) mass is 414 g/mol. The molecule has 1 unspecified atom stereocenters. The molecule has 2 aromatic heterocycles. The zero-order chi connectivity index (χ0) is 18.9. The first-order valence-electron chi connectivity index (χ1n) is 9.78. The number of likely N-dealkylation sites (tertiary alicyclic amines) is 1. The standard InChI is InChI=1S/C20H22N6O2.ClH/c27-20(17-14-12-21-10-9-15(14)23-24-17)26-11-5-4-8-16(26)19-22-18(25-28-19)13-6-2-1-3-7-13;/h1-3,6-7,16,21H,4-5,8-12H2,(H,23,24);1H. The molecule has 3 aromatic rings. The van der Waals surface area contributed by atoms with E-state index in [1.165, 1.54) is 0 Å². The molecule has 0 radical (unpaired) electrons. The zero-order valence-electron chi connectivity index (χ0n) is 15.9. The van der Waals surface area contributed by atoms with E-state index in [0.29, 0.717) is 30.5 Å². The van der Waals surface area contributed by atoms with Gasteiger partial charge in [-0.15, -0.1) is 12.4 Å². The number of aromatic nitrogens is 4. The van der Waals surface area contributed by atoms with E-state index >= 15 is 0 Å². The van der Waals surface area contributed by atoms with Crippen molar-refractivity contribution in [1.29, 1.82) is 0 Å². The summed E-state index contributed by atoms with van der Waals surface area (Å²) in [6.07, 6.45) is 3.67. The van der Waals surface area contributed by atoms with Gasteiger partial charge in [-0.1, -0.05) is 35.5 Å². The molecule has 1 atom stereocenters. The summed E-state index contributed by atoms with van der Waals surface area (Å²) >= 11 is 0. The first-order chi connectivity index (χ1) is 13.8. The Labute approximate surface area is 174 Å². The summed E-state index contributed by atoms with van der Waals surface area (Å²) in [6, 6.07) is 9.51. The lowest BCUT2D eigenvalue weighted by Gasteiger charge is -2.33. The molecule has 0 aliphatic carbocycles. The van der Waals surface area contributed by atoms with Crippen molar-refractivity contribution < 1.29 is 9.32 Å². The summed E-state index contributed by atoms with van der Waals surface area (Å²) in [4.78, 5) is 19.8. The van der Waals surface area contributed by atoms with Gasteiger partial charge in [-0.2, -0.15) is 10.1 Å². The van der Waals surface area contributed by atoms with Crippen LogP contribution in [0.1, 0.15) is 52.9 Å². The van der Waals surface area contributed by atoms with E-state index in [1.807, 2.05) is 35.2 Å². The smallest absolute Gasteiger partial charge is 0.275 e. The van der Waals surface area contributed by atoms with E-state index in [4.69, 9.17) is 4.52 Å². The predicted molar refractivity (Wildman–Crippen MR) is 109 cm³/mol. The van der Waals surface area contributed by atoms with Crippen LogP contribution in [0.4, 0.5) is 0 Å². The Morgan fingerprint density at radius 1 is 1.21 bits per heavy atom. The fourth-order valence-corrected chi connectivity index (χ4v) is 4.04. The Morgan fingerprint density at radius 2 is 2.07 bits per heavy atom. The number of amides is 1. The van der Waals surface area contributed by atoms with Crippen LogP contribution in [0.15, 0.2) is 34.9 Å². The zero-order valence-corrected chi connectivity index (χ0v) is 16.7. The van der Waals surface area contributed by atoms with Crippen LogP contribution < -0.4 is 5.32 Å². The maximum atomic E-state index is 13.3. The topological polar surface area (TPSA) is 99.9 Å². The lowest BCUT2D eigenvalue weighted by Crippen LogP contribution is -2.39. The minimum Gasteiger partial charge on any atom is -0.337 e. The molecule has 1 saturated heterocycles. The highest BCUT2D eigenvalue weighted by Crippen LogP contribution is 2.33. The first-order valence-corrected chi connectivity index (χ1v) is 9.78. The number of rotatable bonds is 3. The van der Waals surface area contributed by atoms with Gasteiger partial charge in [0.2, 0.25) is 11.7 Å². The molecule has 2 N–H and O–H groups in total. The maximum Gasteiger partial charge on any atom is 0.275 e. The van der Waals surface area contributed by atoms with Gasteiger partial charge in [-0.05, 0) is 19.3 Å². The van der Waals surface area contributed by atoms with Crippen LogP contribution in [-0.2, 0) is 13.0 Å². The lowest BCUT2D eigenvalue weighted by atomic mass is 10.00. The number of carbonyl (C=O) groups excluding carboxylic acids is 1. The maximum absolute atomic E-state index is 13.3. The molecule has 4 heterocycles. The molecule has 29 heavy (non-hydrogen) atoms. The van der Waals surface area contributed by atoms with Gasteiger partial charge in [0, 0.05) is 42.9 Å². The number of benzene rings is 1. The normalized spacial score (nSPS) is 18.8. The molecular formula is C20H23ClN6O2. The first kappa shape index (κ1) is 19.6. The van der Waals surface area contributed by atoms with Crippen LogP contribution >= 0.6 is 12.4 Å². The second kappa shape index (κ2) is 8.34. The highest BCUT2D eigenvalue weighted by molar-refractivity contribution is 5.94. The van der Waals surface area contributed by atoms with Gasteiger partial charge in [0.25, 0.3) is 5.91 Å². The number of halogens is 1. The molecule has 2 aliphatic rings. The van der Waals surface area contributed by atoms with E-state index in [-0.39, 0.29) is 24.4 Å². The summed E-state index contributed by atoms with van der Waals surface area (Å²) < 4.78 is 5.57. The summed E-state index contributed by atoms with van der Waals surface area (Å²) in [6.45, 7) is 2.24. The number of nitrogens with one attached hydrogen (secondary N) is 2. The molecule has 0 saturated carbocycles. The van der Waals surface area contributed by atoms with Crippen molar-refractivity contribution >= 4 is 18.3 Å². The summed E-state index contributed by atoms with van der Waals surface area (Å²) in [7, 11) is 0. The van der Waals surface area contributed by atoms with Gasteiger partial charge in [0.15, 0.2) is 5.69 Å². The van der Waals surface area contributed by atoms with E-state index in [1.54, 1.807) is 0 Å². The Morgan fingerprint density at radius 3 is 2.93 bits per heavy atom. The average molecular weight is 415 g/mol. The number of H-pyrrole nitrogens is 1. The van der Waals surface area contributed by atoms with Gasteiger partial charge < -0.3 is 14.7 Å². The highest BCUT2D eigenvalue weighted by atomic mass is 35.5. The molecule has 1 aromatic carbocycles. The van der Waals surface area contributed by atoms with Crippen molar-refractivity contribution in [1.82, 2.24) is 30.6 Å². The predicted octanol–water partition coefficient (Wildman–Crippen LogP) is 2.89. The average Bonchev–Trinajstić information content (AvgIpc) is 3.41. The van der Waals surface area contributed by atoms with Crippen molar-refractivity contribution in [3.63, 3.8) is 0 Å². The lowest BCUT2D eigenvalue weighted by molar-refractivity contribution is 0.0554. The Kier molecular flexibility index (Phi) is 5.64. The molecule has 152 valence electrons. The molecule has 2 aliphatic heterocycles. The van der Waals surface area contributed by atoms with Gasteiger partial charge in [-0.25, -0.2) is 0 Å². The van der Waals surface area contributed by atoms with Crippen molar-refractivity contribution in [3.8, 4) is 11.4 Å². The molecule has 1 fully saturated rings. The minimum absolute atomic E-state index is 0. The third kappa shape index (κ3) is 3.65. The van der Waals surface area contributed by atoms with E-state index in [0.717, 1.165) is 49.0 Å². The molecule has 0 spiro atoms. The summed E-state index contributed by atoms with van der Waals surface area (Å²) in [5, 5.41) is 14.8. The number of hydrogen-bond donors (Lipinski definition) is 2. The van der Waals surface area contributed by atoms with Gasteiger partial charge in [0.1, 0.15) is 6.04 Å². The quantitative estimate of drug-likeness (QED) is 0.683. The van der Waals surface area contributed by atoms with Crippen LogP contribution in [0.3, 0.4) is 0 Å². The second-order valence-corrected chi connectivity index (χ2v) is 7.29. The van der Waals surface area contributed by atoms with Crippen LogP contribution in [0.2, 0.25) is 0 Å². The van der Waals surface area contributed by atoms with E-state index in [2.05, 4.69) is 25.7 Å². The Hall–Kier alpha value is -2.71. The van der Waals surface area contributed by atoms with Crippen molar-refractivity contribution in [2.75, 3.05) is 13.1 Å². The number of nitrogens with zero attached hydrogens (tertiary/aromatic N) is 4. The Bertz CT molecular complexity index is 986. The summed E-state index contributed by atoms with van der Waals surface area (Å²) in [5.41, 5.74) is 3.45. The number of piperidine rings is 1. The molecule has 9 heteroatoms. The Balaban J connectivity index is 0.00000205. The molecule has 1 amide bonds. The largest absolute Gasteiger partial charge is 0.337 e. The van der Waals surface area contributed by atoms with Crippen LogP contribution in [0, 0.1) is 0 Å². The third-order valence-electron chi connectivity index (χ3n) is 5.53. The van der Waals surface area contributed by atoms with Crippen molar-refractivity contribution in [2.24, 2.45) is 0 Å². The van der Waals surface area contributed by atoms with Crippen molar-refractivity contribution in [2.45, 2.75) is 38.3 Å². The molecular weight excluding hydrogens is 392 g/mol. The van der Waals surface area contributed by atoms with E-state index < -0.39 is 0 Å². The van der Waals surface area contributed by atoms with Crippen LogP contribution in [0.25, 0.3) is 11.4 Å². The van der Waals surface area contributed by atoms with Crippen LogP contribution in [-0.4, -0.2) is 44.2 Å². The SMILES string of the molecule is Cl.O=C(c1n[nH]c2c1CNCC2)N1CCCCC1c1nc(-c2ccccc2)no1. The van der Waals surface area contributed by atoms with Gasteiger partial charge >= 0.3 is 0 Å². The third-order valence-corrected chi connectivity index (χ3v) is 5.53. The molecule has 8 nitrogen and oxygen atoms in total. The van der Waals surface area contributed by atoms with E-state index in [9.17, 15) is 4.79 Å². The van der Waals surface area contributed by atoms with Gasteiger partial charge in [0.05, 0.1) is 0 Å². The fourth-order valence-electron chi connectivity index (χ4n) is 4.04. The number of fused-ring (bicyclic) bond motifs is 1. The number of hydrogen-bond acceptors (Lipinski definition) is 6. The molecule has 0 bridgehead atoms. The van der Waals surface area contributed by atoms with Gasteiger partial charge in [-0.3, -0.25) is 9.89 Å². The summed E-state index contributed by atoms with van der Waals surface area (Å²) in [5.74, 6) is 0.981. The second-order valence-electron chi connectivity index (χ2n) is 7.29.